The van der Waals surface area contributed by atoms with Crippen molar-refractivity contribution < 1.29 is 4.39 Å². The predicted octanol–water partition coefficient (Wildman–Crippen LogP) is 3.90. The SMILES string of the molecule is I.NC(=NCCc1cc(Br)ccc1F)NCCc1ccccc1. The molecule has 6 heteroatoms. The fourth-order valence-corrected chi connectivity index (χ4v) is 2.48. The molecule has 0 saturated heterocycles. The lowest BCUT2D eigenvalue weighted by Gasteiger charge is -2.06. The first-order valence-electron chi connectivity index (χ1n) is 7.17. The number of hydrogen-bond donors (Lipinski definition) is 2. The molecule has 0 bridgehead atoms. The fourth-order valence-electron chi connectivity index (χ4n) is 2.07. The number of rotatable bonds is 6. The van der Waals surface area contributed by atoms with Crippen molar-refractivity contribution in [2.75, 3.05) is 13.1 Å². The molecule has 124 valence electrons. The summed E-state index contributed by atoms with van der Waals surface area (Å²) in [7, 11) is 0. The van der Waals surface area contributed by atoms with Crippen LogP contribution in [0.25, 0.3) is 0 Å². The zero-order valence-corrected chi connectivity index (χ0v) is 16.6. The van der Waals surface area contributed by atoms with Gasteiger partial charge in [0.05, 0.1) is 0 Å². The Kier molecular flexibility index (Phi) is 9.16. The van der Waals surface area contributed by atoms with Gasteiger partial charge in [0.25, 0.3) is 0 Å². The standard InChI is InChI=1S/C17H19BrFN3.HI/c18-15-6-7-16(19)14(12-15)9-11-22-17(20)21-10-8-13-4-2-1-3-5-13;/h1-7,12H,8-11H2,(H3,20,21,22);1H. The molecule has 0 spiro atoms. The van der Waals surface area contributed by atoms with Crippen LogP contribution in [-0.4, -0.2) is 19.0 Å². The topological polar surface area (TPSA) is 50.4 Å². The summed E-state index contributed by atoms with van der Waals surface area (Å²) >= 11 is 3.33. The van der Waals surface area contributed by atoms with Gasteiger partial charge in [-0.15, -0.1) is 24.0 Å². The summed E-state index contributed by atoms with van der Waals surface area (Å²) in [6.07, 6.45) is 1.41. The molecule has 0 heterocycles. The van der Waals surface area contributed by atoms with Gasteiger partial charge >= 0.3 is 0 Å². The maximum Gasteiger partial charge on any atom is 0.188 e. The van der Waals surface area contributed by atoms with E-state index in [9.17, 15) is 4.39 Å². The highest BCUT2D eigenvalue weighted by Crippen LogP contribution is 2.15. The van der Waals surface area contributed by atoms with Gasteiger partial charge in [0, 0.05) is 17.6 Å². The molecule has 0 fully saturated rings. The van der Waals surface area contributed by atoms with Crippen LogP contribution < -0.4 is 11.1 Å². The first-order chi connectivity index (χ1) is 10.6. The molecule has 2 rings (SSSR count). The van der Waals surface area contributed by atoms with E-state index < -0.39 is 0 Å². The van der Waals surface area contributed by atoms with Gasteiger partial charge in [-0.3, -0.25) is 4.99 Å². The van der Waals surface area contributed by atoms with Crippen LogP contribution in [0, 0.1) is 5.82 Å². The molecular weight excluding hydrogens is 472 g/mol. The Morgan fingerprint density at radius 3 is 2.61 bits per heavy atom. The highest BCUT2D eigenvalue weighted by Gasteiger charge is 2.02. The lowest BCUT2D eigenvalue weighted by molar-refractivity contribution is 0.609. The highest BCUT2D eigenvalue weighted by molar-refractivity contribution is 14.0. The van der Waals surface area contributed by atoms with Crippen molar-refractivity contribution in [2.24, 2.45) is 10.7 Å². The van der Waals surface area contributed by atoms with E-state index in [0.717, 1.165) is 17.4 Å². The van der Waals surface area contributed by atoms with Crippen LogP contribution in [0.4, 0.5) is 4.39 Å². The number of aliphatic imine (C=N–C) groups is 1. The van der Waals surface area contributed by atoms with Crippen molar-refractivity contribution in [1.29, 1.82) is 0 Å². The molecule has 0 aliphatic heterocycles. The molecule has 2 aromatic carbocycles. The smallest absolute Gasteiger partial charge is 0.188 e. The summed E-state index contributed by atoms with van der Waals surface area (Å²) in [4.78, 5) is 4.22. The molecular formula is C17H20BrFIN3. The lowest BCUT2D eigenvalue weighted by Crippen LogP contribution is -2.33. The minimum atomic E-state index is -0.214. The number of benzene rings is 2. The van der Waals surface area contributed by atoms with Crippen molar-refractivity contribution in [1.82, 2.24) is 5.32 Å². The Bertz CT molecular complexity index is 635. The molecule has 0 saturated carbocycles. The van der Waals surface area contributed by atoms with Crippen LogP contribution in [0.5, 0.6) is 0 Å². The third kappa shape index (κ3) is 7.30. The maximum atomic E-state index is 13.6. The zero-order chi connectivity index (χ0) is 15.8. The first kappa shape index (κ1) is 19.9. The molecule has 0 amide bonds. The van der Waals surface area contributed by atoms with Crippen LogP contribution >= 0.6 is 39.9 Å². The number of nitrogens with one attached hydrogen (secondary N) is 1. The molecule has 23 heavy (non-hydrogen) atoms. The molecule has 3 N–H and O–H groups in total. The van der Waals surface area contributed by atoms with Crippen LogP contribution in [0.3, 0.4) is 0 Å². The van der Waals surface area contributed by atoms with Gasteiger partial charge in [-0.25, -0.2) is 4.39 Å². The van der Waals surface area contributed by atoms with Gasteiger partial charge in [-0.1, -0.05) is 46.3 Å². The molecule has 0 aromatic heterocycles. The van der Waals surface area contributed by atoms with Crippen LogP contribution in [0.2, 0.25) is 0 Å². The summed E-state index contributed by atoms with van der Waals surface area (Å²) in [6.45, 7) is 1.18. The zero-order valence-electron chi connectivity index (χ0n) is 12.6. The maximum absolute atomic E-state index is 13.6. The Hall–Kier alpha value is -1.15. The number of nitrogens with zero attached hydrogens (tertiary/aromatic N) is 1. The largest absolute Gasteiger partial charge is 0.370 e. The monoisotopic (exact) mass is 491 g/mol. The second kappa shape index (κ2) is 10.6. The number of nitrogens with two attached hydrogens (primary N) is 1. The van der Waals surface area contributed by atoms with Crippen molar-refractivity contribution in [3.8, 4) is 0 Å². The van der Waals surface area contributed by atoms with E-state index in [0.29, 0.717) is 24.5 Å². The Balaban J connectivity index is 0.00000264. The van der Waals surface area contributed by atoms with Gasteiger partial charge in [0.15, 0.2) is 5.96 Å². The van der Waals surface area contributed by atoms with Crippen molar-refractivity contribution in [2.45, 2.75) is 12.8 Å². The van der Waals surface area contributed by atoms with E-state index in [1.165, 1.54) is 11.6 Å². The van der Waals surface area contributed by atoms with Gasteiger partial charge in [-0.2, -0.15) is 0 Å². The van der Waals surface area contributed by atoms with E-state index in [-0.39, 0.29) is 29.8 Å². The Morgan fingerprint density at radius 2 is 1.87 bits per heavy atom. The second-order valence-electron chi connectivity index (χ2n) is 4.92. The normalized spacial score (nSPS) is 11.0. The number of hydrogen-bond acceptors (Lipinski definition) is 1. The second-order valence-corrected chi connectivity index (χ2v) is 5.83. The van der Waals surface area contributed by atoms with Crippen molar-refractivity contribution in [3.63, 3.8) is 0 Å². The summed E-state index contributed by atoms with van der Waals surface area (Å²) in [5, 5.41) is 3.07. The van der Waals surface area contributed by atoms with Crippen LogP contribution in [-0.2, 0) is 12.8 Å². The third-order valence-electron chi connectivity index (χ3n) is 3.23. The van der Waals surface area contributed by atoms with E-state index in [1.807, 2.05) is 18.2 Å². The van der Waals surface area contributed by atoms with Gasteiger partial charge in [0.1, 0.15) is 5.82 Å². The Labute approximate surface area is 161 Å². The molecule has 3 nitrogen and oxygen atoms in total. The summed E-state index contributed by atoms with van der Waals surface area (Å²) in [5.74, 6) is 0.181. The molecule has 0 aliphatic rings. The predicted molar refractivity (Wildman–Crippen MR) is 108 cm³/mol. The first-order valence-corrected chi connectivity index (χ1v) is 7.96. The number of halogens is 3. The average molecular weight is 492 g/mol. The molecule has 0 radical (unpaired) electrons. The summed E-state index contributed by atoms with van der Waals surface area (Å²) in [5.41, 5.74) is 7.69. The van der Waals surface area contributed by atoms with Crippen LogP contribution in [0.1, 0.15) is 11.1 Å². The third-order valence-corrected chi connectivity index (χ3v) is 3.73. The Morgan fingerprint density at radius 1 is 1.13 bits per heavy atom. The average Bonchev–Trinajstić information content (AvgIpc) is 2.52. The summed E-state index contributed by atoms with van der Waals surface area (Å²) in [6, 6.07) is 15.1. The van der Waals surface area contributed by atoms with E-state index in [2.05, 4.69) is 38.4 Å². The van der Waals surface area contributed by atoms with Crippen LogP contribution in [0.15, 0.2) is 58.0 Å². The molecule has 0 atom stereocenters. The van der Waals surface area contributed by atoms with E-state index in [4.69, 9.17) is 5.73 Å². The van der Waals surface area contributed by atoms with Gasteiger partial charge in [0.2, 0.25) is 0 Å². The number of guanidine groups is 1. The van der Waals surface area contributed by atoms with Crippen molar-refractivity contribution in [3.05, 3.63) is 69.9 Å². The molecule has 0 aliphatic carbocycles. The van der Waals surface area contributed by atoms with E-state index in [1.54, 1.807) is 12.1 Å². The molecule has 0 unspecified atom stereocenters. The fraction of sp³-hybridized carbons (Fsp3) is 0.235. The minimum absolute atomic E-state index is 0. The highest BCUT2D eigenvalue weighted by atomic mass is 127. The lowest BCUT2D eigenvalue weighted by atomic mass is 10.1. The van der Waals surface area contributed by atoms with Crippen molar-refractivity contribution >= 4 is 45.9 Å². The van der Waals surface area contributed by atoms with E-state index >= 15 is 0 Å². The summed E-state index contributed by atoms with van der Waals surface area (Å²) < 4.78 is 14.4. The van der Waals surface area contributed by atoms with Gasteiger partial charge < -0.3 is 11.1 Å². The minimum Gasteiger partial charge on any atom is -0.370 e. The van der Waals surface area contributed by atoms with Gasteiger partial charge in [-0.05, 0) is 42.2 Å². The quantitative estimate of drug-likeness (QED) is 0.366. The molecule has 2 aromatic rings.